The Morgan fingerprint density at radius 2 is 2.08 bits per heavy atom. The van der Waals surface area contributed by atoms with E-state index in [4.69, 9.17) is 20.6 Å². The van der Waals surface area contributed by atoms with Gasteiger partial charge >= 0.3 is 5.97 Å². The summed E-state index contributed by atoms with van der Waals surface area (Å²) in [6.45, 7) is 6.42. The zero-order valence-corrected chi connectivity index (χ0v) is 23.4. The monoisotopic (exact) mass is 561 g/mol. The number of ether oxygens (including phenoxy) is 1. The number of nitrogens with two attached hydrogens (primary N) is 1. The van der Waals surface area contributed by atoms with Gasteiger partial charge in [0.25, 0.3) is 0 Å². The van der Waals surface area contributed by atoms with Crippen LogP contribution >= 0.6 is 11.3 Å². The summed E-state index contributed by atoms with van der Waals surface area (Å²) in [5.41, 5.74) is 6.92. The molecule has 0 spiro atoms. The lowest BCUT2D eigenvalue weighted by atomic mass is 9.85. The Bertz CT molecular complexity index is 1640. The lowest BCUT2D eigenvalue weighted by Gasteiger charge is -2.22. The van der Waals surface area contributed by atoms with Gasteiger partial charge in [-0.3, -0.25) is 14.3 Å². The minimum atomic E-state index is -1.21. The van der Waals surface area contributed by atoms with E-state index in [0.29, 0.717) is 40.1 Å². The van der Waals surface area contributed by atoms with E-state index in [0.717, 1.165) is 36.8 Å². The third-order valence-electron chi connectivity index (χ3n) is 7.82. The number of rotatable bonds is 7. The number of fused-ring (bicyclic) bond motifs is 2. The van der Waals surface area contributed by atoms with E-state index < -0.39 is 16.8 Å². The highest BCUT2D eigenvalue weighted by atomic mass is 32.1. The normalized spacial score (nSPS) is 21.0. The van der Waals surface area contributed by atoms with E-state index >= 15 is 0 Å². The molecule has 1 fully saturated rings. The van der Waals surface area contributed by atoms with Crippen LogP contribution in [-0.4, -0.2) is 54.4 Å². The van der Waals surface area contributed by atoms with Gasteiger partial charge in [0.15, 0.2) is 5.82 Å². The van der Waals surface area contributed by atoms with E-state index in [1.807, 2.05) is 28.9 Å². The molecule has 0 radical (unpaired) electrons. The molecule has 6 rings (SSSR count). The lowest BCUT2D eigenvalue weighted by molar-refractivity contribution is -0.146. The summed E-state index contributed by atoms with van der Waals surface area (Å²) in [5, 5.41) is 20.4. The van der Waals surface area contributed by atoms with Crippen molar-refractivity contribution in [3.63, 3.8) is 0 Å². The molecule has 1 saturated heterocycles. The van der Waals surface area contributed by atoms with Gasteiger partial charge in [0, 0.05) is 23.8 Å². The summed E-state index contributed by atoms with van der Waals surface area (Å²) in [6, 6.07) is 7.89. The molecule has 40 heavy (non-hydrogen) atoms. The number of benzene rings is 1. The van der Waals surface area contributed by atoms with Crippen molar-refractivity contribution in [3.8, 4) is 11.5 Å². The van der Waals surface area contributed by atoms with Gasteiger partial charge in [0.2, 0.25) is 5.91 Å². The van der Waals surface area contributed by atoms with Crippen LogP contribution < -0.4 is 11.1 Å². The Morgan fingerprint density at radius 1 is 1.27 bits per heavy atom. The fourth-order valence-corrected chi connectivity index (χ4v) is 6.42. The zero-order valence-electron chi connectivity index (χ0n) is 22.6. The molecule has 5 heterocycles. The molecule has 2 aliphatic heterocycles. The number of carbonyl (C=O) groups is 2. The van der Waals surface area contributed by atoms with Crippen LogP contribution in [0.2, 0.25) is 0 Å². The number of nitrogens with zero attached hydrogens (tertiary/aromatic N) is 5. The second-order valence-corrected chi connectivity index (χ2v) is 12.1. The molecule has 4 N–H and O–H groups in total. The number of anilines is 2. The molecule has 12 heteroatoms. The molecule has 2 atom stereocenters. The molecule has 0 aliphatic carbocycles. The van der Waals surface area contributed by atoms with Crippen LogP contribution in [0.25, 0.3) is 22.4 Å². The lowest BCUT2D eigenvalue weighted by Crippen LogP contribution is -2.33. The van der Waals surface area contributed by atoms with E-state index in [-0.39, 0.29) is 24.2 Å². The second-order valence-electron chi connectivity index (χ2n) is 11.3. The molecule has 0 bridgehead atoms. The van der Waals surface area contributed by atoms with Crippen LogP contribution in [0, 0.1) is 5.41 Å². The zero-order chi connectivity index (χ0) is 28.2. The maximum atomic E-state index is 13.4. The number of nitrogens with one attached hydrogen (secondary N) is 1. The third kappa shape index (κ3) is 4.31. The summed E-state index contributed by atoms with van der Waals surface area (Å²) in [7, 11) is 0. The predicted octanol–water partition coefficient (Wildman–Crippen LogP) is 4.01. The fraction of sp³-hybridized carbons (Fsp3) is 0.429. The number of amides is 1. The first-order valence-electron chi connectivity index (χ1n) is 13.3. The SMILES string of the molecule is CC(C)(Cc1csc(C2(C)C(=O)Nc3nc(-c4nn(CC5CCCCO5)c5ccccc45)nc(N)c32)n1)C(=O)O. The fourth-order valence-electron chi connectivity index (χ4n) is 5.44. The van der Waals surface area contributed by atoms with Crippen LogP contribution in [0.15, 0.2) is 29.6 Å². The minimum Gasteiger partial charge on any atom is -0.481 e. The van der Waals surface area contributed by atoms with Gasteiger partial charge in [-0.2, -0.15) is 5.10 Å². The number of para-hydroxylation sites is 1. The van der Waals surface area contributed by atoms with Crippen molar-refractivity contribution in [1.82, 2.24) is 24.7 Å². The number of thiazole rings is 1. The maximum Gasteiger partial charge on any atom is 0.309 e. The van der Waals surface area contributed by atoms with E-state index in [2.05, 4.69) is 15.3 Å². The molecule has 1 amide bonds. The number of hydrogen-bond acceptors (Lipinski definition) is 9. The molecular weight excluding hydrogens is 530 g/mol. The number of aliphatic carboxylic acids is 1. The van der Waals surface area contributed by atoms with Gasteiger partial charge in [-0.15, -0.1) is 11.3 Å². The Hall–Kier alpha value is -3.90. The van der Waals surface area contributed by atoms with Crippen LogP contribution in [0.1, 0.15) is 56.3 Å². The average molecular weight is 562 g/mol. The number of nitrogen functional groups attached to an aromatic ring is 1. The topological polar surface area (TPSA) is 158 Å². The van der Waals surface area contributed by atoms with Crippen LogP contribution in [-0.2, 0) is 32.7 Å². The van der Waals surface area contributed by atoms with Crippen molar-refractivity contribution < 1.29 is 19.4 Å². The maximum absolute atomic E-state index is 13.4. The number of carboxylic acids is 1. The first-order chi connectivity index (χ1) is 19.1. The van der Waals surface area contributed by atoms with Crippen LogP contribution in [0.5, 0.6) is 0 Å². The Balaban J connectivity index is 1.37. The molecule has 2 aliphatic rings. The summed E-state index contributed by atoms with van der Waals surface area (Å²) < 4.78 is 7.88. The quantitative estimate of drug-likeness (QED) is 0.303. The number of carbonyl (C=O) groups excluding carboxylic acids is 1. The highest BCUT2D eigenvalue weighted by molar-refractivity contribution is 7.10. The summed E-state index contributed by atoms with van der Waals surface area (Å²) in [4.78, 5) is 39.0. The van der Waals surface area contributed by atoms with E-state index in [1.165, 1.54) is 11.3 Å². The van der Waals surface area contributed by atoms with Crippen molar-refractivity contribution in [2.45, 2.75) is 64.5 Å². The summed E-state index contributed by atoms with van der Waals surface area (Å²) in [5.74, 6) is -0.416. The predicted molar refractivity (Wildman–Crippen MR) is 151 cm³/mol. The summed E-state index contributed by atoms with van der Waals surface area (Å²) >= 11 is 1.29. The Kier molecular flexibility index (Phi) is 6.34. The Labute approximate surface area is 234 Å². The van der Waals surface area contributed by atoms with Gasteiger partial charge in [-0.25, -0.2) is 15.0 Å². The standard InChI is InChI=1S/C28H31N7O4S/c1-27(2,26(37)38)12-15-14-40-25(30-15)28(3)19-21(29)31-23(32-22(19)33-24(28)36)20-17-9-4-5-10-18(17)35(34-20)13-16-8-6-7-11-39-16/h4-5,9-10,14,16H,6-8,11-13H2,1-3H3,(H,37,38)(H3,29,31,32,33,36). The van der Waals surface area contributed by atoms with Gasteiger partial charge < -0.3 is 20.9 Å². The van der Waals surface area contributed by atoms with Crippen molar-refractivity contribution in [3.05, 3.63) is 45.9 Å². The largest absolute Gasteiger partial charge is 0.481 e. The van der Waals surface area contributed by atoms with Gasteiger partial charge in [0.05, 0.1) is 34.8 Å². The molecular formula is C28H31N7O4S. The van der Waals surface area contributed by atoms with Gasteiger partial charge in [-0.1, -0.05) is 18.2 Å². The van der Waals surface area contributed by atoms with Gasteiger partial charge in [0.1, 0.15) is 27.8 Å². The molecule has 2 unspecified atom stereocenters. The van der Waals surface area contributed by atoms with Crippen molar-refractivity contribution >= 4 is 45.8 Å². The number of carboxylic acid groups (broad SMARTS) is 1. The smallest absolute Gasteiger partial charge is 0.309 e. The van der Waals surface area contributed by atoms with E-state index in [9.17, 15) is 14.7 Å². The highest BCUT2D eigenvalue weighted by Gasteiger charge is 2.50. The van der Waals surface area contributed by atoms with E-state index in [1.54, 1.807) is 26.2 Å². The molecule has 11 nitrogen and oxygen atoms in total. The first kappa shape index (κ1) is 26.3. The molecule has 4 aromatic rings. The molecule has 3 aromatic heterocycles. The van der Waals surface area contributed by atoms with Crippen LogP contribution in [0.4, 0.5) is 11.6 Å². The first-order valence-corrected chi connectivity index (χ1v) is 14.2. The van der Waals surface area contributed by atoms with Crippen molar-refractivity contribution in [2.75, 3.05) is 17.7 Å². The summed E-state index contributed by atoms with van der Waals surface area (Å²) in [6.07, 6.45) is 3.54. The Morgan fingerprint density at radius 3 is 2.83 bits per heavy atom. The molecule has 1 aromatic carbocycles. The van der Waals surface area contributed by atoms with Gasteiger partial charge in [-0.05, 0) is 46.1 Å². The second kappa shape index (κ2) is 9.63. The third-order valence-corrected chi connectivity index (χ3v) is 8.94. The number of aromatic nitrogens is 5. The van der Waals surface area contributed by atoms with Crippen molar-refractivity contribution in [2.24, 2.45) is 5.41 Å². The average Bonchev–Trinajstić information content (AvgIpc) is 3.60. The molecule has 0 saturated carbocycles. The minimum absolute atomic E-state index is 0.0974. The molecule has 208 valence electrons. The number of hydrogen-bond donors (Lipinski definition) is 3. The van der Waals surface area contributed by atoms with Crippen LogP contribution in [0.3, 0.4) is 0 Å². The van der Waals surface area contributed by atoms with Crippen molar-refractivity contribution in [1.29, 1.82) is 0 Å². The highest BCUT2D eigenvalue weighted by Crippen LogP contribution is 2.46.